The molecule has 0 aliphatic rings. The van der Waals surface area contributed by atoms with Crippen molar-refractivity contribution in [2.45, 2.75) is 13.5 Å². The van der Waals surface area contributed by atoms with Crippen LogP contribution in [0, 0.1) is 6.92 Å². The summed E-state index contributed by atoms with van der Waals surface area (Å²) in [6.07, 6.45) is 5.45. The Morgan fingerprint density at radius 2 is 2.23 bits per heavy atom. The van der Waals surface area contributed by atoms with Crippen LogP contribution in [0.1, 0.15) is 16.3 Å². The molecule has 0 saturated carbocycles. The molecule has 22 heavy (non-hydrogen) atoms. The molecule has 5 heteroatoms. The minimum Gasteiger partial charge on any atom is -0.350 e. The summed E-state index contributed by atoms with van der Waals surface area (Å²) < 4.78 is 2.06. The second-order valence-electron chi connectivity index (χ2n) is 5.12. The molecule has 1 N–H and O–H groups in total. The molecule has 4 nitrogen and oxygen atoms in total. The number of nitrogens with one attached hydrogen (secondary N) is 1. The van der Waals surface area contributed by atoms with Crippen molar-refractivity contribution in [3.8, 4) is 0 Å². The fourth-order valence-corrected chi connectivity index (χ4v) is 3.01. The van der Waals surface area contributed by atoms with Crippen molar-refractivity contribution >= 4 is 34.2 Å². The Balaban J connectivity index is 1.68. The van der Waals surface area contributed by atoms with Crippen LogP contribution in [-0.4, -0.2) is 15.5 Å². The molecule has 0 unspecified atom stereocenters. The van der Waals surface area contributed by atoms with Gasteiger partial charge in [-0.3, -0.25) is 4.79 Å². The first-order valence-corrected chi connectivity index (χ1v) is 7.92. The number of nitrogens with zero attached hydrogens (tertiary/aromatic N) is 2. The number of fused-ring (bicyclic) bond motifs is 1. The predicted octanol–water partition coefficient (Wildman–Crippen LogP) is 3.27. The van der Waals surface area contributed by atoms with Crippen LogP contribution in [-0.2, 0) is 18.4 Å². The van der Waals surface area contributed by atoms with E-state index in [1.807, 2.05) is 43.8 Å². The number of hydrogen-bond acceptors (Lipinski definition) is 3. The largest absolute Gasteiger partial charge is 0.350 e. The van der Waals surface area contributed by atoms with Gasteiger partial charge in [-0.15, -0.1) is 11.3 Å². The van der Waals surface area contributed by atoms with Gasteiger partial charge in [0.2, 0.25) is 5.91 Å². The van der Waals surface area contributed by atoms with E-state index in [2.05, 4.69) is 27.0 Å². The first-order valence-electron chi connectivity index (χ1n) is 7.04. The van der Waals surface area contributed by atoms with Gasteiger partial charge in [0.25, 0.3) is 0 Å². The zero-order chi connectivity index (χ0) is 15.5. The third-order valence-corrected chi connectivity index (χ3v) is 4.27. The summed E-state index contributed by atoms with van der Waals surface area (Å²) in [4.78, 5) is 16.2. The lowest BCUT2D eigenvalue weighted by Crippen LogP contribution is -2.20. The summed E-state index contributed by atoms with van der Waals surface area (Å²) in [5.41, 5.74) is 3.09. The molecule has 2 aromatic heterocycles. The summed E-state index contributed by atoms with van der Waals surface area (Å²) in [5.74, 6) is -0.112. The van der Waals surface area contributed by atoms with Crippen molar-refractivity contribution in [3.05, 3.63) is 58.2 Å². The molecule has 1 amide bonds. The predicted molar refractivity (Wildman–Crippen MR) is 90.7 cm³/mol. The lowest BCUT2D eigenvalue weighted by atomic mass is 10.1. The Hall–Kier alpha value is -2.40. The number of benzene rings is 1. The molecule has 0 fully saturated rings. The van der Waals surface area contributed by atoms with Crippen molar-refractivity contribution in [3.63, 3.8) is 0 Å². The minimum absolute atomic E-state index is 0.112. The van der Waals surface area contributed by atoms with E-state index in [9.17, 15) is 4.79 Å². The summed E-state index contributed by atoms with van der Waals surface area (Å²) >= 11 is 1.59. The van der Waals surface area contributed by atoms with Gasteiger partial charge in [0.15, 0.2) is 0 Å². The van der Waals surface area contributed by atoms with Crippen LogP contribution in [0.2, 0.25) is 0 Å². The second-order valence-corrected chi connectivity index (χ2v) is 6.18. The van der Waals surface area contributed by atoms with E-state index >= 15 is 0 Å². The van der Waals surface area contributed by atoms with E-state index in [-0.39, 0.29) is 5.91 Å². The molecule has 3 rings (SSSR count). The van der Waals surface area contributed by atoms with Crippen molar-refractivity contribution in [2.75, 3.05) is 0 Å². The SMILES string of the molecule is Cc1nc(CNC(=O)/C=C/c2cn(C)c3ccccc23)cs1. The van der Waals surface area contributed by atoms with E-state index < -0.39 is 0 Å². The molecule has 0 aliphatic heterocycles. The van der Waals surface area contributed by atoms with Gasteiger partial charge in [0.1, 0.15) is 0 Å². The zero-order valence-corrected chi connectivity index (χ0v) is 13.4. The third kappa shape index (κ3) is 3.09. The summed E-state index contributed by atoms with van der Waals surface area (Å²) in [7, 11) is 2.00. The number of carbonyl (C=O) groups is 1. The third-order valence-electron chi connectivity index (χ3n) is 3.45. The van der Waals surface area contributed by atoms with Crippen molar-refractivity contribution < 1.29 is 4.79 Å². The highest BCUT2D eigenvalue weighted by molar-refractivity contribution is 7.09. The van der Waals surface area contributed by atoms with E-state index in [4.69, 9.17) is 0 Å². The number of rotatable bonds is 4. The Labute approximate surface area is 133 Å². The molecule has 0 bridgehead atoms. The highest BCUT2D eigenvalue weighted by Crippen LogP contribution is 2.21. The van der Waals surface area contributed by atoms with Gasteiger partial charge in [-0.25, -0.2) is 4.98 Å². The van der Waals surface area contributed by atoms with Crippen molar-refractivity contribution in [1.29, 1.82) is 0 Å². The average Bonchev–Trinajstić information content (AvgIpc) is 3.07. The summed E-state index contributed by atoms with van der Waals surface area (Å²) in [6.45, 7) is 2.42. The van der Waals surface area contributed by atoms with Gasteiger partial charge < -0.3 is 9.88 Å². The Kier molecular flexibility index (Phi) is 4.06. The van der Waals surface area contributed by atoms with Crippen LogP contribution in [0.15, 0.2) is 41.9 Å². The first kappa shape index (κ1) is 14.5. The molecular formula is C17H17N3OS. The number of amides is 1. The van der Waals surface area contributed by atoms with Gasteiger partial charge in [-0.05, 0) is 19.1 Å². The van der Waals surface area contributed by atoms with E-state index in [1.165, 1.54) is 0 Å². The molecule has 3 aromatic rings. The lowest BCUT2D eigenvalue weighted by molar-refractivity contribution is -0.116. The normalized spacial score (nSPS) is 11.4. The van der Waals surface area contributed by atoms with Crippen LogP contribution in [0.25, 0.3) is 17.0 Å². The van der Waals surface area contributed by atoms with Crippen molar-refractivity contribution in [2.24, 2.45) is 7.05 Å². The molecule has 1 aromatic carbocycles. The molecule has 0 radical (unpaired) electrons. The highest BCUT2D eigenvalue weighted by atomic mass is 32.1. The molecule has 0 spiro atoms. The zero-order valence-electron chi connectivity index (χ0n) is 12.5. The van der Waals surface area contributed by atoms with Crippen LogP contribution in [0.5, 0.6) is 0 Å². The maximum Gasteiger partial charge on any atom is 0.244 e. The van der Waals surface area contributed by atoms with Gasteiger partial charge in [-0.1, -0.05) is 18.2 Å². The maximum atomic E-state index is 11.9. The van der Waals surface area contributed by atoms with Crippen LogP contribution in [0.3, 0.4) is 0 Å². The Morgan fingerprint density at radius 1 is 1.41 bits per heavy atom. The smallest absolute Gasteiger partial charge is 0.244 e. The minimum atomic E-state index is -0.112. The van der Waals surface area contributed by atoms with Gasteiger partial charge in [0, 0.05) is 41.2 Å². The van der Waals surface area contributed by atoms with E-state index in [0.717, 1.165) is 27.2 Å². The quantitative estimate of drug-likeness (QED) is 0.752. The van der Waals surface area contributed by atoms with Gasteiger partial charge >= 0.3 is 0 Å². The van der Waals surface area contributed by atoms with E-state index in [0.29, 0.717) is 6.54 Å². The topological polar surface area (TPSA) is 46.9 Å². The van der Waals surface area contributed by atoms with Crippen LogP contribution < -0.4 is 5.32 Å². The standard InChI is InChI=1S/C17H17N3OS/c1-12-19-14(11-22-12)9-18-17(21)8-7-13-10-20(2)16-6-4-3-5-15(13)16/h3-8,10-11H,9H2,1-2H3,(H,18,21)/b8-7+. The molecule has 112 valence electrons. The molecule has 0 aliphatic carbocycles. The lowest BCUT2D eigenvalue weighted by Gasteiger charge is -1.98. The first-order chi connectivity index (χ1) is 10.6. The monoisotopic (exact) mass is 311 g/mol. The average molecular weight is 311 g/mol. The van der Waals surface area contributed by atoms with Gasteiger partial charge in [0.05, 0.1) is 17.2 Å². The number of thiazole rings is 1. The maximum absolute atomic E-state index is 11.9. The van der Waals surface area contributed by atoms with E-state index in [1.54, 1.807) is 17.4 Å². The number of para-hydroxylation sites is 1. The fraction of sp³-hybridized carbons (Fsp3) is 0.176. The highest BCUT2D eigenvalue weighted by Gasteiger charge is 2.04. The number of carbonyl (C=O) groups excluding carboxylic acids is 1. The van der Waals surface area contributed by atoms with Gasteiger partial charge in [-0.2, -0.15) is 0 Å². The second kappa shape index (κ2) is 6.15. The molecular weight excluding hydrogens is 294 g/mol. The van der Waals surface area contributed by atoms with Crippen LogP contribution >= 0.6 is 11.3 Å². The molecule has 0 saturated heterocycles. The number of hydrogen-bond donors (Lipinski definition) is 1. The fourth-order valence-electron chi connectivity index (χ4n) is 2.40. The Morgan fingerprint density at radius 3 is 3.00 bits per heavy atom. The summed E-state index contributed by atoms with van der Waals surface area (Å²) in [6, 6.07) is 8.14. The number of aryl methyl sites for hydroxylation is 2. The molecule has 0 atom stereocenters. The van der Waals surface area contributed by atoms with Crippen LogP contribution in [0.4, 0.5) is 0 Å². The van der Waals surface area contributed by atoms with Crippen molar-refractivity contribution in [1.82, 2.24) is 14.9 Å². The number of aromatic nitrogens is 2. The molecule has 2 heterocycles. The summed E-state index contributed by atoms with van der Waals surface area (Å²) in [5, 5.41) is 6.96. The Bertz CT molecular complexity index is 845.